The quantitative estimate of drug-likeness (QED) is 0.472. The topological polar surface area (TPSA) is 9.23 Å². The fourth-order valence-corrected chi connectivity index (χ4v) is 4.82. The van der Waals surface area contributed by atoms with Crippen LogP contribution in [-0.4, -0.2) is 12.8 Å². The van der Waals surface area contributed by atoms with E-state index in [4.69, 9.17) is 4.74 Å². The number of hydrogen-bond donors (Lipinski definition) is 0. The van der Waals surface area contributed by atoms with Crippen LogP contribution in [-0.2, 0) is 0 Å². The molecule has 0 aromatic heterocycles. The van der Waals surface area contributed by atoms with Crippen molar-refractivity contribution in [3.63, 3.8) is 0 Å². The highest BCUT2D eigenvalue weighted by molar-refractivity contribution is 5.70. The number of para-hydroxylation sites is 1. The fraction of sp³-hybridized carbons (Fsp3) is 0.407. The number of allylic oxidation sites excluding steroid dienone is 2. The predicted molar refractivity (Wildman–Crippen MR) is 119 cm³/mol. The normalized spacial score (nSPS) is 24.0. The molecule has 0 amide bonds. The van der Waals surface area contributed by atoms with Crippen molar-refractivity contribution in [2.75, 3.05) is 6.61 Å². The Labute approximate surface area is 182 Å². The van der Waals surface area contributed by atoms with Gasteiger partial charge in [-0.1, -0.05) is 66.3 Å². The van der Waals surface area contributed by atoms with Crippen molar-refractivity contribution in [1.29, 1.82) is 0 Å². The summed E-state index contributed by atoms with van der Waals surface area (Å²) < 4.78 is 44.9. The van der Waals surface area contributed by atoms with Gasteiger partial charge in [0, 0.05) is 5.56 Å². The van der Waals surface area contributed by atoms with Crippen LogP contribution in [0.5, 0.6) is 5.75 Å². The first-order valence-electron chi connectivity index (χ1n) is 11.1. The van der Waals surface area contributed by atoms with Crippen LogP contribution in [0.2, 0.25) is 0 Å². The molecule has 1 atom stereocenters. The molecular formula is C27H29F3O. The third-order valence-electron chi connectivity index (χ3n) is 6.66. The summed E-state index contributed by atoms with van der Waals surface area (Å²) in [4.78, 5) is 0. The molecule has 2 aromatic carbocycles. The van der Waals surface area contributed by atoms with Crippen molar-refractivity contribution in [2.24, 2.45) is 17.8 Å². The molecule has 1 nitrogen and oxygen atoms in total. The van der Waals surface area contributed by atoms with Crippen molar-refractivity contribution in [1.82, 2.24) is 0 Å². The van der Waals surface area contributed by atoms with E-state index in [9.17, 15) is 13.2 Å². The Balaban J connectivity index is 1.33. The minimum Gasteiger partial charge on any atom is -0.488 e. The van der Waals surface area contributed by atoms with Crippen LogP contribution < -0.4 is 4.74 Å². The molecule has 164 valence electrons. The summed E-state index contributed by atoms with van der Waals surface area (Å²) in [6, 6.07) is 16.4. The van der Waals surface area contributed by atoms with Gasteiger partial charge in [-0.05, 0) is 68.1 Å². The largest absolute Gasteiger partial charge is 0.488 e. The molecule has 2 aliphatic carbocycles. The Bertz CT molecular complexity index is 949. The maximum Gasteiger partial charge on any atom is 0.391 e. The lowest BCUT2D eigenvalue weighted by molar-refractivity contribution is -0.184. The molecule has 0 heterocycles. The summed E-state index contributed by atoms with van der Waals surface area (Å²) in [6.07, 6.45) is 5.20. The number of alkyl halides is 3. The van der Waals surface area contributed by atoms with Gasteiger partial charge >= 0.3 is 6.18 Å². The van der Waals surface area contributed by atoms with E-state index in [-0.39, 0.29) is 12.8 Å². The number of ether oxygens (including phenoxy) is 1. The summed E-state index contributed by atoms with van der Waals surface area (Å²) in [7, 11) is 0. The maximum absolute atomic E-state index is 12.9. The highest BCUT2D eigenvalue weighted by Crippen LogP contribution is 2.43. The minimum absolute atomic E-state index is 0.272. The average molecular weight is 427 g/mol. The van der Waals surface area contributed by atoms with Gasteiger partial charge in [0.25, 0.3) is 0 Å². The molecule has 4 heteroatoms. The monoisotopic (exact) mass is 426 g/mol. The highest BCUT2D eigenvalue weighted by atomic mass is 19.4. The zero-order valence-corrected chi connectivity index (χ0v) is 17.9. The van der Waals surface area contributed by atoms with Crippen LogP contribution in [0.1, 0.15) is 37.7 Å². The van der Waals surface area contributed by atoms with E-state index in [0.717, 1.165) is 28.9 Å². The maximum atomic E-state index is 12.9. The van der Waals surface area contributed by atoms with Crippen molar-refractivity contribution in [3.05, 3.63) is 77.9 Å². The summed E-state index contributed by atoms with van der Waals surface area (Å²) in [5.74, 6) is 0.451. The van der Waals surface area contributed by atoms with Crippen LogP contribution in [0.25, 0.3) is 11.1 Å². The lowest BCUT2D eigenvalue weighted by Crippen LogP contribution is -2.30. The number of aryl methyl sites for hydroxylation is 1. The molecule has 1 unspecified atom stereocenters. The Hall–Kier alpha value is -2.49. The lowest BCUT2D eigenvalue weighted by Gasteiger charge is -2.34. The van der Waals surface area contributed by atoms with E-state index >= 15 is 0 Å². The fourth-order valence-electron chi connectivity index (χ4n) is 4.82. The van der Waals surface area contributed by atoms with Gasteiger partial charge in [0.05, 0.1) is 5.92 Å². The summed E-state index contributed by atoms with van der Waals surface area (Å²) in [6.45, 7) is 2.57. The zero-order chi connectivity index (χ0) is 21.8. The highest BCUT2D eigenvalue weighted by Gasteiger charge is 2.42. The molecule has 0 N–H and O–H groups in total. The molecule has 0 aliphatic heterocycles. The first-order chi connectivity index (χ1) is 14.9. The number of rotatable bonds is 5. The molecule has 1 fully saturated rings. The molecule has 0 bridgehead atoms. The number of hydrogen-bond acceptors (Lipinski definition) is 1. The molecule has 2 aromatic rings. The number of halogens is 3. The van der Waals surface area contributed by atoms with Crippen molar-refractivity contribution in [2.45, 2.75) is 45.2 Å². The van der Waals surface area contributed by atoms with Crippen LogP contribution in [0.4, 0.5) is 13.2 Å². The smallest absolute Gasteiger partial charge is 0.391 e. The third kappa shape index (κ3) is 5.41. The molecule has 2 aliphatic rings. The lowest BCUT2D eigenvalue weighted by atomic mass is 9.73. The first-order valence-corrected chi connectivity index (χ1v) is 11.1. The van der Waals surface area contributed by atoms with E-state index in [1.165, 1.54) is 5.56 Å². The second kappa shape index (κ2) is 9.33. The molecular weight excluding hydrogens is 397 g/mol. The average Bonchev–Trinajstić information content (AvgIpc) is 2.78. The van der Waals surface area contributed by atoms with Crippen LogP contribution in [0.3, 0.4) is 0 Å². The van der Waals surface area contributed by atoms with Gasteiger partial charge in [0.1, 0.15) is 12.4 Å². The van der Waals surface area contributed by atoms with Gasteiger partial charge < -0.3 is 4.74 Å². The Morgan fingerprint density at radius 1 is 0.968 bits per heavy atom. The van der Waals surface area contributed by atoms with Gasteiger partial charge in [-0.15, -0.1) is 0 Å². The van der Waals surface area contributed by atoms with E-state index in [1.807, 2.05) is 18.2 Å². The third-order valence-corrected chi connectivity index (χ3v) is 6.66. The predicted octanol–water partition coefficient (Wildman–Crippen LogP) is 7.91. The van der Waals surface area contributed by atoms with E-state index < -0.39 is 12.1 Å². The SMILES string of the molecule is Cc1cccc(-c2ccccc2OCC2=CCC(C3CCC(C(F)(F)F)CC3)C=C2)c1. The Kier molecular flexibility index (Phi) is 6.54. The molecule has 0 spiro atoms. The van der Waals surface area contributed by atoms with Crippen molar-refractivity contribution >= 4 is 0 Å². The van der Waals surface area contributed by atoms with Gasteiger partial charge in [0.15, 0.2) is 0 Å². The Morgan fingerprint density at radius 3 is 2.42 bits per heavy atom. The standard InChI is InChI=1S/C27H29F3O/c1-19-5-4-6-23(17-19)25-7-2-3-8-26(25)31-18-20-9-11-21(12-10-20)22-13-15-24(16-14-22)27(28,29)30/h2-11,17,21-22,24H,12-16,18H2,1H3. The Morgan fingerprint density at radius 2 is 1.74 bits per heavy atom. The minimum atomic E-state index is -4.04. The van der Waals surface area contributed by atoms with Crippen molar-refractivity contribution in [3.8, 4) is 16.9 Å². The van der Waals surface area contributed by atoms with Gasteiger partial charge in [-0.3, -0.25) is 0 Å². The van der Waals surface area contributed by atoms with E-state index in [0.29, 0.717) is 31.3 Å². The van der Waals surface area contributed by atoms with E-state index in [1.54, 1.807) is 0 Å². The van der Waals surface area contributed by atoms with Crippen LogP contribution in [0.15, 0.2) is 72.3 Å². The summed E-state index contributed by atoms with van der Waals surface area (Å²) in [5.41, 5.74) is 4.55. The van der Waals surface area contributed by atoms with Gasteiger partial charge in [0.2, 0.25) is 0 Å². The summed E-state index contributed by atoms with van der Waals surface area (Å²) >= 11 is 0. The van der Waals surface area contributed by atoms with Crippen molar-refractivity contribution < 1.29 is 17.9 Å². The molecule has 0 saturated heterocycles. The molecule has 31 heavy (non-hydrogen) atoms. The summed E-state index contributed by atoms with van der Waals surface area (Å²) in [5, 5.41) is 0. The second-order valence-electron chi connectivity index (χ2n) is 8.85. The van der Waals surface area contributed by atoms with Gasteiger partial charge in [-0.25, -0.2) is 0 Å². The van der Waals surface area contributed by atoms with E-state index in [2.05, 4.69) is 55.5 Å². The molecule has 1 saturated carbocycles. The number of benzene rings is 2. The first kappa shape index (κ1) is 21.7. The van der Waals surface area contributed by atoms with Crippen LogP contribution in [0, 0.1) is 24.7 Å². The van der Waals surface area contributed by atoms with Crippen LogP contribution >= 0.6 is 0 Å². The van der Waals surface area contributed by atoms with Gasteiger partial charge in [-0.2, -0.15) is 13.2 Å². The second-order valence-corrected chi connectivity index (χ2v) is 8.85. The molecule has 0 radical (unpaired) electrons. The molecule has 4 rings (SSSR count). The zero-order valence-electron chi connectivity index (χ0n) is 17.9.